The van der Waals surface area contributed by atoms with E-state index in [1.807, 2.05) is 24.3 Å². The molecule has 6 heteroatoms. The third-order valence-electron chi connectivity index (χ3n) is 4.09. The SMILES string of the molecule is NC(=O)[C@H]1C[C@@H](Nc2cccc(C(F)(F)F)c2)c2ccccc21. The first-order valence-corrected chi connectivity index (χ1v) is 7.18. The highest BCUT2D eigenvalue weighted by Gasteiger charge is 2.34. The predicted molar refractivity (Wildman–Crippen MR) is 80.8 cm³/mol. The lowest BCUT2D eigenvalue weighted by atomic mass is 10.0. The second-order valence-electron chi connectivity index (χ2n) is 5.60. The number of nitrogens with one attached hydrogen (secondary N) is 1. The van der Waals surface area contributed by atoms with Gasteiger partial charge in [-0.05, 0) is 35.7 Å². The Bertz CT molecular complexity index is 743. The molecule has 23 heavy (non-hydrogen) atoms. The minimum absolute atomic E-state index is 0.243. The van der Waals surface area contributed by atoms with Gasteiger partial charge in [0.15, 0.2) is 0 Å². The number of rotatable bonds is 3. The van der Waals surface area contributed by atoms with Crippen molar-refractivity contribution in [3.8, 4) is 0 Å². The maximum atomic E-state index is 12.8. The number of halogens is 3. The highest BCUT2D eigenvalue weighted by molar-refractivity contribution is 5.83. The molecule has 0 aliphatic heterocycles. The topological polar surface area (TPSA) is 55.1 Å². The van der Waals surface area contributed by atoms with Crippen molar-refractivity contribution in [1.82, 2.24) is 0 Å². The van der Waals surface area contributed by atoms with Crippen molar-refractivity contribution < 1.29 is 18.0 Å². The molecule has 3 nitrogen and oxygen atoms in total. The first kappa shape index (κ1) is 15.4. The van der Waals surface area contributed by atoms with Gasteiger partial charge in [-0.25, -0.2) is 0 Å². The van der Waals surface area contributed by atoms with Gasteiger partial charge < -0.3 is 11.1 Å². The van der Waals surface area contributed by atoms with Crippen molar-refractivity contribution in [2.75, 3.05) is 5.32 Å². The van der Waals surface area contributed by atoms with Gasteiger partial charge in [-0.1, -0.05) is 30.3 Å². The maximum absolute atomic E-state index is 12.8. The first-order valence-electron chi connectivity index (χ1n) is 7.18. The van der Waals surface area contributed by atoms with E-state index in [0.29, 0.717) is 12.1 Å². The van der Waals surface area contributed by atoms with Crippen molar-refractivity contribution >= 4 is 11.6 Å². The van der Waals surface area contributed by atoms with Gasteiger partial charge in [-0.2, -0.15) is 13.2 Å². The number of carbonyl (C=O) groups is 1. The molecule has 2 aromatic carbocycles. The van der Waals surface area contributed by atoms with E-state index in [1.165, 1.54) is 6.07 Å². The Balaban J connectivity index is 1.89. The van der Waals surface area contributed by atoms with Crippen molar-refractivity contribution in [1.29, 1.82) is 0 Å². The van der Waals surface area contributed by atoms with Crippen LogP contribution >= 0.6 is 0 Å². The summed E-state index contributed by atoms with van der Waals surface area (Å²) in [5.74, 6) is -0.847. The smallest absolute Gasteiger partial charge is 0.378 e. The van der Waals surface area contributed by atoms with E-state index >= 15 is 0 Å². The number of hydrogen-bond donors (Lipinski definition) is 2. The molecule has 2 aromatic rings. The average molecular weight is 320 g/mol. The molecule has 0 bridgehead atoms. The van der Waals surface area contributed by atoms with Crippen LogP contribution in [0.2, 0.25) is 0 Å². The fourth-order valence-electron chi connectivity index (χ4n) is 3.03. The van der Waals surface area contributed by atoms with Crippen molar-refractivity contribution in [2.45, 2.75) is 24.6 Å². The van der Waals surface area contributed by atoms with E-state index in [4.69, 9.17) is 5.73 Å². The summed E-state index contributed by atoms with van der Waals surface area (Å²) in [6, 6.07) is 12.1. The molecular formula is C17H15F3N2O. The van der Waals surface area contributed by atoms with E-state index in [2.05, 4.69) is 5.32 Å². The summed E-state index contributed by atoms with van der Waals surface area (Å²) in [4.78, 5) is 11.6. The largest absolute Gasteiger partial charge is 0.416 e. The van der Waals surface area contributed by atoms with Gasteiger partial charge in [0.25, 0.3) is 0 Å². The van der Waals surface area contributed by atoms with Crippen LogP contribution in [-0.2, 0) is 11.0 Å². The number of nitrogens with two attached hydrogens (primary N) is 1. The molecule has 0 unspecified atom stereocenters. The summed E-state index contributed by atoms with van der Waals surface area (Å²) >= 11 is 0. The van der Waals surface area contributed by atoms with E-state index < -0.39 is 23.6 Å². The third-order valence-corrected chi connectivity index (χ3v) is 4.09. The van der Waals surface area contributed by atoms with E-state index in [1.54, 1.807) is 6.07 Å². The highest BCUT2D eigenvalue weighted by atomic mass is 19.4. The fraction of sp³-hybridized carbons (Fsp3) is 0.235. The fourth-order valence-corrected chi connectivity index (χ4v) is 3.03. The number of anilines is 1. The monoisotopic (exact) mass is 320 g/mol. The Morgan fingerprint density at radius 2 is 1.78 bits per heavy atom. The Hall–Kier alpha value is -2.50. The van der Waals surface area contributed by atoms with E-state index in [9.17, 15) is 18.0 Å². The maximum Gasteiger partial charge on any atom is 0.416 e. The lowest BCUT2D eigenvalue weighted by molar-refractivity contribution is -0.137. The number of benzene rings is 2. The molecule has 2 atom stereocenters. The summed E-state index contributed by atoms with van der Waals surface area (Å²) < 4.78 is 38.4. The Morgan fingerprint density at radius 3 is 2.43 bits per heavy atom. The molecule has 0 radical (unpaired) electrons. The Kier molecular flexibility index (Phi) is 3.75. The van der Waals surface area contributed by atoms with Crippen LogP contribution in [0.15, 0.2) is 48.5 Å². The molecule has 3 N–H and O–H groups in total. The van der Waals surface area contributed by atoms with Gasteiger partial charge in [0.05, 0.1) is 17.5 Å². The van der Waals surface area contributed by atoms with Gasteiger partial charge in [0.2, 0.25) is 5.91 Å². The van der Waals surface area contributed by atoms with Gasteiger partial charge in [0, 0.05) is 5.69 Å². The molecule has 3 rings (SSSR count). The van der Waals surface area contributed by atoms with Crippen LogP contribution in [0.4, 0.5) is 18.9 Å². The van der Waals surface area contributed by atoms with Crippen molar-refractivity contribution in [2.24, 2.45) is 5.73 Å². The average Bonchev–Trinajstić information content (AvgIpc) is 2.86. The number of fused-ring (bicyclic) bond motifs is 1. The van der Waals surface area contributed by atoms with Gasteiger partial charge >= 0.3 is 6.18 Å². The molecule has 0 fully saturated rings. The predicted octanol–water partition coefficient (Wildman–Crippen LogP) is 3.83. The second kappa shape index (κ2) is 5.61. The summed E-state index contributed by atoms with van der Waals surface area (Å²) in [6.07, 6.45) is -3.95. The van der Waals surface area contributed by atoms with Crippen LogP contribution in [0.5, 0.6) is 0 Å². The zero-order valence-corrected chi connectivity index (χ0v) is 12.1. The second-order valence-corrected chi connectivity index (χ2v) is 5.60. The Morgan fingerprint density at radius 1 is 1.09 bits per heavy atom. The molecular weight excluding hydrogens is 305 g/mol. The van der Waals surface area contributed by atoms with Crippen LogP contribution in [-0.4, -0.2) is 5.91 Å². The zero-order chi connectivity index (χ0) is 16.6. The zero-order valence-electron chi connectivity index (χ0n) is 12.1. The highest BCUT2D eigenvalue weighted by Crippen LogP contribution is 2.42. The number of amides is 1. The van der Waals surface area contributed by atoms with Crippen LogP contribution in [0.25, 0.3) is 0 Å². The molecule has 0 spiro atoms. The van der Waals surface area contributed by atoms with Gasteiger partial charge in [-0.15, -0.1) is 0 Å². The molecule has 0 aromatic heterocycles. The third kappa shape index (κ3) is 3.02. The molecule has 0 saturated heterocycles. The summed E-state index contributed by atoms with van der Waals surface area (Å²) in [6.45, 7) is 0. The van der Waals surface area contributed by atoms with Crippen LogP contribution in [0.1, 0.15) is 35.1 Å². The summed E-state index contributed by atoms with van der Waals surface area (Å²) in [5.41, 5.74) is 6.83. The van der Waals surface area contributed by atoms with E-state index in [-0.39, 0.29) is 6.04 Å². The van der Waals surface area contributed by atoms with Gasteiger partial charge in [0.1, 0.15) is 0 Å². The van der Waals surface area contributed by atoms with Crippen LogP contribution in [0.3, 0.4) is 0 Å². The van der Waals surface area contributed by atoms with Crippen LogP contribution in [0, 0.1) is 0 Å². The molecule has 0 saturated carbocycles. The minimum Gasteiger partial charge on any atom is -0.378 e. The molecule has 1 aliphatic rings. The number of alkyl halides is 3. The lowest BCUT2D eigenvalue weighted by Crippen LogP contribution is -2.20. The Labute approximate surface area is 131 Å². The van der Waals surface area contributed by atoms with Crippen molar-refractivity contribution in [3.63, 3.8) is 0 Å². The van der Waals surface area contributed by atoms with E-state index in [0.717, 1.165) is 23.3 Å². The summed E-state index contributed by atoms with van der Waals surface area (Å²) in [7, 11) is 0. The standard InChI is InChI=1S/C17H15F3N2O/c18-17(19,20)10-4-3-5-11(8-10)22-15-9-14(16(21)23)12-6-1-2-7-13(12)15/h1-8,14-15,22H,9H2,(H2,21,23)/t14-,15+/m0/s1. The molecule has 120 valence electrons. The molecule has 1 aliphatic carbocycles. The molecule has 0 heterocycles. The summed E-state index contributed by atoms with van der Waals surface area (Å²) in [5, 5.41) is 3.09. The van der Waals surface area contributed by atoms with Crippen LogP contribution < -0.4 is 11.1 Å². The quantitative estimate of drug-likeness (QED) is 0.903. The number of primary amides is 1. The number of hydrogen-bond acceptors (Lipinski definition) is 2. The first-order chi connectivity index (χ1) is 10.9. The minimum atomic E-state index is -4.39. The normalized spacial score (nSPS) is 20.1. The van der Waals surface area contributed by atoms with Crippen molar-refractivity contribution in [3.05, 3.63) is 65.2 Å². The number of carbonyl (C=O) groups excluding carboxylic acids is 1. The van der Waals surface area contributed by atoms with Gasteiger partial charge in [-0.3, -0.25) is 4.79 Å². The molecule has 1 amide bonds. The lowest BCUT2D eigenvalue weighted by Gasteiger charge is -2.17.